The summed E-state index contributed by atoms with van der Waals surface area (Å²) in [6.07, 6.45) is 5.72. The number of halogens is 1. The molecule has 0 spiro atoms. The van der Waals surface area contributed by atoms with Gasteiger partial charge in [0.2, 0.25) is 5.88 Å². The first-order chi connectivity index (χ1) is 15.1. The van der Waals surface area contributed by atoms with Gasteiger partial charge in [-0.05, 0) is 55.2 Å². The van der Waals surface area contributed by atoms with E-state index in [1.807, 2.05) is 30.0 Å². The average Bonchev–Trinajstić information content (AvgIpc) is 3.36. The highest BCUT2D eigenvalue weighted by molar-refractivity contribution is 5.76. The molecule has 3 aromatic rings. The number of anilines is 1. The van der Waals surface area contributed by atoms with Gasteiger partial charge in [-0.1, -0.05) is 12.1 Å². The van der Waals surface area contributed by atoms with Gasteiger partial charge in [0.1, 0.15) is 18.6 Å². The van der Waals surface area contributed by atoms with Gasteiger partial charge in [-0.15, -0.1) is 0 Å². The minimum absolute atomic E-state index is 0.113. The molecule has 1 saturated heterocycles. The second-order valence-electron chi connectivity index (χ2n) is 7.95. The summed E-state index contributed by atoms with van der Waals surface area (Å²) in [5, 5.41) is 0. The van der Waals surface area contributed by atoms with E-state index in [-0.39, 0.29) is 12.0 Å². The molecule has 31 heavy (non-hydrogen) atoms. The molecule has 0 amide bonds. The fraction of sp³-hybridized carbons (Fsp3) is 0.333. The number of aryl methyl sites for hydroxylation is 1. The lowest BCUT2D eigenvalue weighted by Crippen LogP contribution is -2.31. The van der Waals surface area contributed by atoms with Crippen molar-refractivity contribution in [2.45, 2.75) is 25.9 Å². The smallest absolute Gasteiger partial charge is 0.232 e. The van der Waals surface area contributed by atoms with Crippen molar-refractivity contribution in [1.82, 2.24) is 14.9 Å². The minimum atomic E-state index is -0.219. The number of hydrogen-bond acceptors (Lipinski definition) is 6. The Morgan fingerprint density at radius 1 is 1.13 bits per heavy atom. The highest BCUT2D eigenvalue weighted by Crippen LogP contribution is 2.44. The maximum atomic E-state index is 14.8. The van der Waals surface area contributed by atoms with Crippen LogP contribution in [0.25, 0.3) is 11.0 Å². The second kappa shape index (κ2) is 8.15. The Morgan fingerprint density at radius 2 is 2.03 bits per heavy atom. The van der Waals surface area contributed by atoms with E-state index in [0.717, 1.165) is 41.5 Å². The van der Waals surface area contributed by atoms with E-state index < -0.39 is 0 Å². The fourth-order valence-electron chi connectivity index (χ4n) is 4.35. The molecular weight excluding hydrogens is 395 g/mol. The Labute approximate surface area is 180 Å². The summed E-state index contributed by atoms with van der Waals surface area (Å²) in [4.78, 5) is 13.5. The summed E-state index contributed by atoms with van der Waals surface area (Å²) in [5.74, 6) is 0.248. The zero-order valence-corrected chi connectivity index (χ0v) is 17.7. The second-order valence-corrected chi connectivity index (χ2v) is 7.95. The Balaban J connectivity index is 1.53. The molecule has 5 rings (SSSR count). The number of benzene rings is 2. The lowest BCUT2D eigenvalue weighted by atomic mass is 10.1. The summed E-state index contributed by atoms with van der Waals surface area (Å²) in [5.41, 5.74) is 5.46. The monoisotopic (exact) mass is 420 g/mol. The van der Waals surface area contributed by atoms with Crippen LogP contribution < -0.4 is 9.64 Å². The summed E-state index contributed by atoms with van der Waals surface area (Å²) in [6, 6.07) is 11.3. The molecule has 1 unspecified atom stereocenters. The standard InChI is InChI=1S/C24H25FN4O2/c1-16-5-7-19(25)22(12-16)29-15-18-4-3-9-28(18)24(29)17-6-8-20-21(13-17)27-23(14-26-20)31-11-10-30-2/h5-8,12-15,24H,3-4,9-11H2,1-2H3. The number of nitrogens with zero attached hydrogens (tertiary/aromatic N) is 4. The lowest BCUT2D eigenvalue weighted by Gasteiger charge is -2.33. The lowest BCUT2D eigenvalue weighted by molar-refractivity contribution is 0.143. The molecule has 1 fully saturated rings. The van der Waals surface area contributed by atoms with Gasteiger partial charge in [0.15, 0.2) is 0 Å². The number of allylic oxidation sites excluding steroid dienone is 1. The van der Waals surface area contributed by atoms with Crippen LogP contribution in [0.4, 0.5) is 10.1 Å². The molecule has 2 aliphatic heterocycles. The van der Waals surface area contributed by atoms with Crippen LogP contribution in [0.5, 0.6) is 5.88 Å². The van der Waals surface area contributed by atoms with Crippen molar-refractivity contribution >= 4 is 16.7 Å². The number of ether oxygens (including phenoxy) is 2. The Bertz CT molecular complexity index is 1150. The molecule has 3 heterocycles. The molecule has 2 aromatic carbocycles. The maximum absolute atomic E-state index is 14.8. The molecule has 2 aliphatic rings. The van der Waals surface area contributed by atoms with Crippen LogP contribution in [0.1, 0.15) is 30.1 Å². The van der Waals surface area contributed by atoms with Crippen molar-refractivity contribution in [2.24, 2.45) is 0 Å². The van der Waals surface area contributed by atoms with E-state index in [1.54, 1.807) is 25.4 Å². The Kier molecular flexibility index (Phi) is 5.19. The largest absolute Gasteiger partial charge is 0.474 e. The molecule has 1 atom stereocenters. The molecule has 1 aromatic heterocycles. The Hall–Kier alpha value is -3.19. The number of hydrogen-bond donors (Lipinski definition) is 0. The van der Waals surface area contributed by atoms with Gasteiger partial charge >= 0.3 is 0 Å². The molecule has 0 radical (unpaired) electrons. The van der Waals surface area contributed by atoms with Crippen LogP contribution in [-0.4, -0.2) is 41.7 Å². The Morgan fingerprint density at radius 3 is 2.90 bits per heavy atom. The molecule has 7 heteroatoms. The number of aromatic nitrogens is 2. The van der Waals surface area contributed by atoms with Crippen molar-refractivity contribution in [3.05, 3.63) is 71.4 Å². The summed E-state index contributed by atoms with van der Waals surface area (Å²) < 4.78 is 25.5. The molecule has 0 saturated carbocycles. The van der Waals surface area contributed by atoms with Gasteiger partial charge in [-0.25, -0.2) is 14.4 Å². The van der Waals surface area contributed by atoms with Crippen LogP contribution in [0.3, 0.4) is 0 Å². The fourth-order valence-corrected chi connectivity index (χ4v) is 4.35. The van der Waals surface area contributed by atoms with Crippen molar-refractivity contribution in [1.29, 1.82) is 0 Å². The molecule has 0 N–H and O–H groups in total. The quantitative estimate of drug-likeness (QED) is 0.545. The zero-order chi connectivity index (χ0) is 21.4. The predicted molar refractivity (Wildman–Crippen MR) is 117 cm³/mol. The molecular formula is C24H25FN4O2. The van der Waals surface area contributed by atoms with Gasteiger partial charge in [-0.3, -0.25) is 0 Å². The minimum Gasteiger partial charge on any atom is -0.474 e. The normalized spacial score (nSPS) is 17.9. The van der Waals surface area contributed by atoms with Crippen LogP contribution >= 0.6 is 0 Å². The van der Waals surface area contributed by atoms with Crippen LogP contribution in [0, 0.1) is 12.7 Å². The van der Waals surface area contributed by atoms with Crippen molar-refractivity contribution < 1.29 is 13.9 Å². The van der Waals surface area contributed by atoms with Crippen LogP contribution in [-0.2, 0) is 4.74 Å². The third-order valence-electron chi connectivity index (χ3n) is 5.81. The average molecular weight is 420 g/mol. The predicted octanol–water partition coefficient (Wildman–Crippen LogP) is 4.56. The number of fused-ring (bicyclic) bond motifs is 2. The third-order valence-corrected chi connectivity index (χ3v) is 5.81. The highest BCUT2D eigenvalue weighted by Gasteiger charge is 2.37. The highest BCUT2D eigenvalue weighted by atomic mass is 19.1. The molecule has 6 nitrogen and oxygen atoms in total. The first kappa shape index (κ1) is 19.8. The maximum Gasteiger partial charge on any atom is 0.232 e. The molecule has 0 aliphatic carbocycles. The van der Waals surface area contributed by atoms with E-state index in [0.29, 0.717) is 24.8 Å². The topological polar surface area (TPSA) is 50.7 Å². The van der Waals surface area contributed by atoms with E-state index in [4.69, 9.17) is 9.47 Å². The van der Waals surface area contributed by atoms with Gasteiger partial charge in [0.25, 0.3) is 0 Å². The first-order valence-corrected chi connectivity index (χ1v) is 10.5. The van der Waals surface area contributed by atoms with Crippen molar-refractivity contribution in [3.8, 4) is 5.88 Å². The summed E-state index contributed by atoms with van der Waals surface area (Å²) in [7, 11) is 1.63. The van der Waals surface area contributed by atoms with E-state index in [1.165, 1.54) is 5.70 Å². The van der Waals surface area contributed by atoms with Gasteiger partial charge in [0.05, 0.1) is 29.5 Å². The zero-order valence-electron chi connectivity index (χ0n) is 17.7. The van der Waals surface area contributed by atoms with Crippen LogP contribution in [0.2, 0.25) is 0 Å². The van der Waals surface area contributed by atoms with Crippen molar-refractivity contribution in [2.75, 3.05) is 31.8 Å². The van der Waals surface area contributed by atoms with Gasteiger partial charge in [0, 0.05) is 25.6 Å². The third kappa shape index (κ3) is 3.70. The SMILES string of the molecule is COCCOc1cnc2ccc(C3N4CCCC4=CN3c3cc(C)ccc3F)cc2n1. The van der Waals surface area contributed by atoms with E-state index >= 15 is 0 Å². The van der Waals surface area contributed by atoms with Crippen LogP contribution in [0.15, 0.2) is 54.5 Å². The molecule has 0 bridgehead atoms. The molecule has 160 valence electrons. The van der Waals surface area contributed by atoms with E-state index in [9.17, 15) is 4.39 Å². The first-order valence-electron chi connectivity index (χ1n) is 10.5. The van der Waals surface area contributed by atoms with Gasteiger partial charge < -0.3 is 19.3 Å². The van der Waals surface area contributed by atoms with Gasteiger partial charge in [-0.2, -0.15) is 0 Å². The summed E-state index contributed by atoms with van der Waals surface area (Å²) >= 11 is 0. The number of rotatable bonds is 6. The van der Waals surface area contributed by atoms with Crippen molar-refractivity contribution in [3.63, 3.8) is 0 Å². The number of methoxy groups -OCH3 is 1. The summed E-state index contributed by atoms with van der Waals surface area (Å²) in [6.45, 7) is 3.84. The van der Waals surface area contributed by atoms with E-state index in [2.05, 4.69) is 27.1 Å².